The highest BCUT2D eigenvalue weighted by Gasteiger charge is 2.64. The van der Waals surface area contributed by atoms with Crippen molar-refractivity contribution in [3.8, 4) is 0 Å². The summed E-state index contributed by atoms with van der Waals surface area (Å²) in [5, 5.41) is 8.23. The summed E-state index contributed by atoms with van der Waals surface area (Å²) in [4.78, 5) is 16.4. The largest absolute Gasteiger partial charge is 0.350 e. The predicted molar refractivity (Wildman–Crippen MR) is 134 cm³/mol. The van der Waals surface area contributed by atoms with Gasteiger partial charge < -0.3 is 10.6 Å². The molecule has 2 aromatic rings. The minimum absolute atomic E-state index is 0.168. The molecule has 5 unspecified atom stereocenters. The molecule has 3 saturated heterocycles. The molecule has 1 amide bonds. The van der Waals surface area contributed by atoms with Crippen molar-refractivity contribution in [1.82, 2.24) is 15.5 Å². The highest BCUT2D eigenvalue weighted by atomic mass is 35.5. The van der Waals surface area contributed by atoms with E-state index in [2.05, 4.69) is 47.6 Å². The van der Waals surface area contributed by atoms with Crippen LogP contribution in [0.1, 0.15) is 37.8 Å². The second kappa shape index (κ2) is 9.22. The molecule has 0 aromatic heterocycles. The van der Waals surface area contributed by atoms with Crippen LogP contribution in [0, 0.1) is 23.7 Å². The van der Waals surface area contributed by atoms with Crippen molar-refractivity contribution in [3.63, 3.8) is 0 Å². The van der Waals surface area contributed by atoms with Gasteiger partial charge in [-0.05, 0) is 53.9 Å². The summed E-state index contributed by atoms with van der Waals surface area (Å²) in [5.41, 5.74) is 1.83. The van der Waals surface area contributed by atoms with E-state index in [1.807, 2.05) is 30.3 Å². The van der Waals surface area contributed by atoms with Crippen LogP contribution in [0.5, 0.6) is 0 Å². The van der Waals surface area contributed by atoms with Crippen LogP contribution >= 0.6 is 23.2 Å². The predicted octanol–water partition coefficient (Wildman–Crippen LogP) is 5.13. The molecule has 4 nitrogen and oxygen atoms in total. The lowest BCUT2D eigenvalue weighted by atomic mass is 9.57. The summed E-state index contributed by atoms with van der Waals surface area (Å²) in [7, 11) is 0. The Kier molecular flexibility index (Phi) is 6.47. The first-order valence-electron chi connectivity index (χ1n) is 12.1. The van der Waals surface area contributed by atoms with Gasteiger partial charge in [-0.15, -0.1) is 0 Å². The molecule has 0 radical (unpaired) electrons. The molecule has 5 atom stereocenters. The van der Waals surface area contributed by atoms with E-state index in [0.717, 1.165) is 38.0 Å². The van der Waals surface area contributed by atoms with Gasteiger partial charge in [0.15, 0.2) is 0 Å². The summed E-state index contributed by atoms with van der Waals surface area (Å²) in [6.45, 7) is 7.93. The normalized spacial score (nSPS) is 30.7. The molecule has 4 fully saturated rings. The number of fused-ring (bicyclic) bond motifs is 1. The van der Waals surface area contributed by atoms with Crippen molar-refractivity contribution in [2.45, 2.75) is 51.4 Å². The van der Waals surface area contributed by atoms with E-state index in [0.29, 0.717) is 40.4 Å². The van der Waals surface area contributed by atoms with Crippen molar-refractivity contribution < 1.29 is 4.79 Å². The van der Waals surface area contributed by atoms with Crippen molar-refractivity contribution in [1.29, 1.82) is 0 Å². The highest BCUT2D eigenvalue weighted by Crippen LogP contribution is 2.54. The summed E-state index contributed by atoms with van der Waals surface area (Å²) in [5.74, 6) is 2.13. The second-order valence-corrected chi connectivity index (χ2v) is 11.4. The van der Waals surface area contributed by atoms with Crippen LogP contribution in [0.4, 0.5) is 0 Å². The maximum absolute atomic E-state index is 13.8. The number of carbonyl (C=O) groups excluding carboxylic acids is 1. The summed E-state index contributed by atoms with van der Waals surface area (Å²) < 4.78 is 0. The van der Waals surface area contributed by atoms with Gasteiger partial charge in [-0.3, -0.25) is 9.69 Å². The summed E-state index contributed by atoms with van der Waals surface area (Å²) >= 11 is 12.5. The van der Waals surface area contributed by atoms with Gasteiger partial charge in [-0.1, -0.05) is 73.4 Å². The zero-order valence-corrected chi connectivity index (χ0v) is 20.9. The maximum Gasteiger partial charge on any atom is 0.240 e. The third-order valence-corrected chi connectivity index (χ3v) is 8.75. The third kappa shape index (κ3) is 4.32. The number of rotatable bonds is 7. The molecule has 1 aliphatic carbocycles. The van der Waals surface area contributed by atoms with Crippen LogP contribution in [0.3, 0.4) is 0 Å². The minimum Gasteiger partial charge on any atom is -0.350 e. The molecule has 4 bridgehead atoms. The average molecular weight is 486 g/mol. The topological polar surface area (TPSA) is 44.4 Å². The number of amides is 1. The molecule has 2 N–H and O–H groups in total. The fourth-order valence-corrected chi connectivity index (χ4v) is 7.01. The Bertz CT molecular complexity index is 1010. The lowest BCUT2D eigenvalue weighted by molar-refractivity contribution is -0.139. The first-order chi connectivity index (χ1) is 15.9. The van der Waals surface area contributed by atoms with E-state index in [-0.39, 0.29) is 11.8 Å². The molecule has 176 valence electrons. The fraction of sp³-hybridized carbons (Fsp3) is 0.519. The van der Waals surface area contributed by atoms with Crippen LogP contribution in [0.15, 0.2) is 48.5 Å². The Morgan fingerprint density at radius 1 is 1.15 bits per heavy atom. The summed E-state index contributed by atoms with van der Waals surface area (Å²) in [6.07, 6.45) is 1.96. The molecule has 33 heavy (non-hydrogen) atoms. The van der Waals surface area contributed by atoms with Gasteiger partial charge in [0.1, 0.15) is 5.54 Å². The number of nitrogens with one attached hydrogen (secondary N) is 2. The van der Waals surface area contributed by atoms with Gasteiger partial charge in [0.2, 0.25) is 5.91 Å². The number of benzene rings is 2. The minimum atomic E-state index is -0.491. The molecular weight excluding hydrogens is 453 g/mol. The molecule has 3 aliphatic heterocycles. The van der Waals surface area contributed by atoms with Crippen LogP contribution in [0.2, 0.25) is 10.0 Å². The van der Waals surface area contributed by atoms with Gasteiger partial charge in [0.25, 0.3) is 0 Å². The summed E-state index contributed by atoms with van der Waals surface area (Å²) in [6, 6.07) is 16.5. The zero-order valence-electron chi connectivity index (χ0n) is 19.4. The molecule has 6 heteroatoms. The molecule has 3 heterocycles. The second-order valence-electron chi connectivity index (χ2n) is 10.6. The molecule has 2 aromatic carbocycles. The number of likely N-dealkylation sites (tertiary alicyclic amines) is 1. The number of piperidine rings is 2. The van der Waals surface area contributed by atoms with Crippen molar-refractivity contribution in [3.05, 3.63) is 69.7 Å². The van der Waals surface area contributed by atoms with E-state index in [9.17, 15) is 4.79 Å². The highest BCUT2D eigenvalue weighted by molar-refractivity contribution is 6.42. The molecular formula is C27H33Cl2N3O. The van der Waals surface area contributed by atoms with Crippen molar-refractivity contribution >= 4 is 29.1 Å². The molecule has 1 saturated carbocycles. The number of nitrogens with zero attached hydrogens (tertiary/aromatic N) is 1. The van der Waals surface area contributed by atoms with Crippen LogP contribution in [-0.4, -0.2) is 35.5 Å². The van der Waals surface area contributed by atoms with Crippen LogP contribution in [-0.2, 0) is 17.9 Å². The number of halogens is 2. The Morgan fingerprint density at radius 2 is 1.94 bits per heavy atom. The quantitative estimate of drug-likeness (QED) is 0.570. The van der Waals surface area contributed by atoms with Crippen molar-refractivity contribution in [2.75, 3.05) is 13.1 Å². The van der Waals surface area contributed by atoms with E-state index >= 15 is 0 Å². The van der Waals surface area contributed by atoms with Crippen LogP contribution < -0.4 is 10.6 Å². The first kappa shape index (κ1) is 23.2. The fourth-order valence-electron chi connectivity index (χ4n) is 6.69. The van der Waals surface area contributed by atoms with E-state index in [1.165, 1.54) is 5.56 Å². The molecule has 0 spiro atoms. The first-order valence-corrected chi connectivity index (χ1v) is 12.9. The third-order valence-electron chi connectivity index (χ3n) is 8.01. The SMILES string of the molecule is CC(C)CC1C2C3CNC1(C(=O)NCc1ccccc1)CC3CN2Cc1ccc(Cl)c(Cl)c1. The Labute approximate surface area is 207 Å². The van der Waals surface area contributed by atoms with Gasteiger partial charge in [-0.25, -0.2) is 0 Å². The number of carbonyl (C=O) groups is 1. The maximum atomic E-state index is 13.8. The molecule has 4 aliphatic rings. The molecule has 6 rings (SSSR count). The Hall–Kier alpha value is -1.59. The number of hydrogen-bond donors (Lipinski definition) is 2. The smallest absolute Gasteiger partial charge is 0.240 e. The zero-order chi connectivity index (χ0) is 23.2. The van der Waals surface area contributed by atoms with E-state index in [4.69, 9.17) is 23.2 Å². The van der Waals surface area contributed by atoms with E-state index in [1.54, 1.807) is 0 Å². The number of hydrogen-bond acceptors (Lipinski definition) is 3. The van der Waals surface area contributed by atoms with Crippen molar-refractivity contribution in [2.24, 2.45) is 23.7 Å². The van der Waals surface area contributed by atoms with Gasteiger partial charge >= 0.3 is 0 Å². The standard InChI is InChI=1S/C27H33Cl2N3O/c1-17(2)10-22-25-21-14-31-27(22,26(33)30-13-18-6-4-3-5-7-18)12-20(21)16-32(25)15-19-8-9-23(28)24(29)11-19/h3-9,11,17,20-22,25,31H,10,12-16H2,1-2H3,(H,30,33). The Morgan fingerprint density at radius 3 is 2.67 bits per heavy atom. The lowest BCUT2D eigenvalue weighted by Crippen LogP contribution is -2.74. The lowest BCUT2D eigenvalue weighted by Gasteiger charge is -2.56. The average Bonchev–Trinajstić information content (AvgIpc) is 3.10. The van der Waals surface area contributed by atoms with Gasteiger partial charge in [-0.2, -0.15) is 0 Å². The van der Waals surface area contributed by atoms with Gasteiger partial charge in [0, 0.05) is 38.1 Å². The monoisotopic (exact) mass is 485 g/mol. The van der Waals surface area contributed by atoms with E-state index < -0.39 is 5.54 Å². The van der Waals surface area contributed by atoms with Crippen LogP contribution in [0.25, 0.3) is 0 Å². The van der Waals surface area contributed by atoms with Gasteiger partial charge in [0.05, 0.1) is 10.0 Å². The Balaban J connectivity index is 1.40.